The average molecular weight is 1460 g/mol. The number of alkyl halides is 6. The Morgan fingerprint density at radius 1 is 0.536 bits per heavy atom. The second-order valence-electron chi connectivity index (χ2n) is 25.9. The quantitative estimate of drug-likeness (QED) is 0.0237. The van der Waals surface area contributed by atoms with Gasteiger partial charge in [-0.25, -0.2) is 63.5 Å². The van der Waals surface area contributed by atoms with Gasteiger partial charge in [0.15, 0.2) is 5.78 Å². The molecule has 4 aromatic carbocycles. The van der Waals surface area contributed by atoms with Crippen molar-refractivity contribution in [1.82, 2.24) is 20.3 Å². The lowest BCUT2D eigenvalue weighted by molar-refractivity contribution is -0.143. The molecule has 5 atom stereocenters. The summed E-state index contributed by atoms with van der Waals surface area (Å²) >= 11 is -1.91. The van der Waals surface area contributed by atoms with E-state index in [-0.39, 0.29) is 48.5 Å². The normalized spacial score (nSPS) is 15.0. The van der Waals surface area contributed by atoms with Crippen molar-refractivity contribution in [2.24, 2.45) is 0 Å². The van der Waals surface area contributed by atoms with Crippen molar-refractivity contribution in [2.45, 2.75) is 201 Å². The summed E-state index contributed by atoms with van der Waals surface area (Å²) in [5.74, 6) is -9.97. The molecule has 0 aromatic heterocycles. The Morgan fingerprint density at radius 2 is 0.835 bits per heavy atom. The number of ether oxygens (including phenoxy) is 6. The number of aliphatic hydroxyl groups excluding tert-OH is 1. The summed E-state index contributed by atoms with van der Waals surface area (Å²) in [5.41, 5.74) is 0.472. The highest BCUT2D eigenvalue weighted by Gasteiger charge is 2.40. The number of benzene rings is 4. The molecule has 0 radical (unpaired) electrons. The predicted molar refractivity (Wildman–Crippen MR) is 356 cm³/mol. The second-order valence-corrected chi connectivity index (χ2v) is 29.5. The summed E-state index contributed by atoms with van der Waals surface area (Å²) in [6.45, 7) is 24.4. The van der Waals surface area contributed by atoms with Crippen molar-refractivity contribution in [1.29, 1.82) is 0 Å². The van der Waals surface area contributed by atoms with Gasteiger partial charge >= 0.3 is 36.3 Å². The third-order valence-corrected chi connectivity index (χ3v) is 13.4. The number of ketones is 1. The Balaban J connectivity index is 0.000000634. The van der Waals surface area contributed by atoms with Crippen LogP contribution in [0.2, 0.25) is 0 Å². The van der Waals surface area contributed by atoms with Crippen LogP contribution < -0.4 is 16.0 Å². The molecule has 21 nitrogen and oxygen atoms in total. The number of nitrogens with zero attached hydrogens (tertiary/aromatic N) is 1. The molecule has 1 unspecified atom stereocenters. The summed E-state index contributed by atoms with van der Waals surface area (Å²) in [5, 5.41) is 16.8. The Morgan fingerprint density at radius 3 is 1.12 bits per heavy atom. The third kappa shape index (κ3) is 37.5. The van der Waals surface area contributed by atoms with E-state index in [1.165, 1.54) is 69.7 Å². The van der Waals surface area contributed by atoms with Crippen LogP contribution in [-0.4, -0.2) is 134 Å². The fourth-order valence-corrected chi connectivity index (χ4v) is 8.88. The molecule has 97 heavy (non-hydrogen) atoms. The Hall–Kier alpha value is -7.05. The molecule has 1 heterocycles. The molecule has 0 spiro atoms. The van der Waals surface area contributed by atoms with Gasteiger partial charge in [0.25, 0.3) is 29.0 Å². The molecule has 1 fully saturated rings. The zero-order valence-corrected chi connectivity index (χ0v) is 60.7. The van der Waals surface area contributed by atoms with E-state index in [1.807, 2.05) is 0 Å². The Bertz CT molecular complexity index is 3220. The first kappa shape index (κ1) is 88.0. The highest BCUT2D eigenvalue weighted by Crippen LogP contribution is 2.30. The number of methoxy groups -OCH3 is 2. The fourth-order valence-electron chi connectivity index (χ4n) is 7.95. The van der Waals surface area contributed by atoms with Gasteiger partial charge in [0.1, 0.15) is 34.5 Å². The number of carbonyl (C=O) groups is 7. The van der Waals surface area contributed by atoms with Crippen molar-refractivity contribution in [3.8, 4) is 0 Å². The summed E-state index contributed by atoms with van der Waals surface area (Å²) in [6.07, 6.45) is -1.79. The van der Waals surface area contributed by atoms with Crippen LogP contribution in [0.15, 0.2) is 97.1 Å². The number of rotatable bonds is 18. The van der Waals surface area contributed by atoms with E-state index in [0.717, 1.165) is 41.8 Å². The minimum atomic E-state index is -2.94. The maximum absolute atomic E-state index is 13.2. The molecule has 544 valence electrons. The van der Waals surface area contributed by atoms with Gasteiger partial charge < -0.3 is 49.5 Å². The molecule has 4 amide bonds. The zero-order valence-electron chi connectivity index (χ0n) is 57.6. The molecule has 4 aromatic rings. The van der Waals surface area contributed by atoms with E-state index in [9.17, 15) is 69.2 Å². The third-order valence-electron chi connectivity index (χ3n) is 12.3. The van der Waals surface area contributed by atoms with Crippen LogP contribution in [-0.2, 0) is 106 Å². The maximum Gasteiger partial charge on any atom is 0.424 e. The van der Waals surface area contributed by atoms with Crippen LogP contribution in [0.1, 0.15) is 160 Å². The lowest BCUT2D eigenvalue weighted by Crippen LogP contribution is -2.45. The lowest BCUT2D eigenvalue weighted by atomic mass is 10.0. The van der Waals surface area contributed by atoms with Gasteiger partial charge in [0, 0.05) is 77.2 Å². The van der Waals surface area contributed by atoms with Gasteiger partial charge in [0.05, 0.1) is 39.5 Å². The minimum absolute atomic E-state index is 0.0343. The first-order chi connectivity index (χ1) is 44.3. The van der Waals surface area contributed by atoms with Crippen LogP contribution in [0.3, 0.4) is 0 Å². The molecule has 1 saturated heterocycles. The molecule has 4 N–H and O–H groups in total. The number of Topliss-reactive ketones (excluding diaryl/α,β-unsaturated/α-hetero) is 1. The number of alkyl carbamates (subject to hydrolysis) is 3. The molecule has 31 heteroatoms. The van der Waals surface area contributed by atoms with Gasteiger partial charge in [-0.15, -0.1) is 0 Å². The molecule has 1 aliphatic rings. The van der Waals surface area contributed by atoms with E-state index >= 15 is 0 Å². The van der Waals surface area contributed by atoms with Crippen LogP contribution in [0.25, 0.3) is 0 Å². The van der Waals surface area contributed by atoms with E-state index in [0.29, 0.717) is 24.0 Å². The molecule has 1 aliphatic heterocycles. The van der Waals surface area contributed by atoms with Crippen molar-refractivity contribution in [3.63, 3.8) is 0 Å². The van der Waals surface area contributed by atoms with Crippen LogP contribution in [0, 0.1) is 0 Å². The van der Waals surface area contributed by atoms with Gasteiger partial charge in [-0.05, 0) is 125 Å². The van der Waals surface area contributed by atoms with Crippen molar-refractivity contribution >= 4 is 84.0 Å². The zero-order chi connectivity index (χ0) is 74.8. The summed E-state index contributed by atoms with van der Waals surface area (Å²) < 4.78 is 136. The summed E-state index contributed by atoms with van der Waals surface area (Å²) in [6, 6.07) is 21.2. The SMILES string of the molecule is CC(C)(C)OC(=O)N1[C@@H](Cc2ccc(C(C)(F)F)cc2)COS1=O.CC(C)(C)OC(=O)N[C@H](CO)Cc1ccc(C(C)(F)F)cc1.COC(=O)[C@H](Cc1ccc(C(C)(F)F)cc1)NC(=O)OC(C)(C)C.COC(=O)[C@H](Cc1ccc(C(C)=O)cc1)NC(=O)OC(C)(C)C.O=S(Cl)Cl. The van der Waals surface area contributed by atoms with Crippen LogP contribution in [0.4, 0.5) is 45.5 Å². The summed E-state index contributed by atoms with van der Waals surface area (Å²) in [7, 11) is 9.81. The number of carbonyl (C=O) groups excluding carboxylic acids is 7. The Kier molecular flexibility index (Phi) is 35.3. The number of hydrogen-bond acceptors (Lipinski definition) is 17. The molecule has 5 rings (SSSR count). The smallest absolute Gasteiger partial charge is 0.424 e. The second kappa shape index (κ2) is 38.9. The standard InChI is InChI=1S/C17H23F2NO4.C17H23NO5.C16H21F2NO4S.C16H23F2NO3.Cl2OS/c1-16(2,3)24-15(22)20-13(14(21)23-5)10-11-6-8-12(9-7-11)17(4,18)19;1-11(19)13-8-6-12(7-9-13)10-14(15(20)22-5)18-16(21)23-17(2,3)4;1-15(2,3)23-14(20)19-13(10-22-24(19)21)9-11-5-7-12(8-6-11)16(4,17)18;1-15(2,3)22-14(21)19-13(10-20)9-11-5-7-12(8-6-11)16(4,17)18;1-4(2)3/h6-9,13H,10H2,1-5H3,(H,20,22);6-9,14H,10H2,1-5H3,(H,18,21);5-8,13H,9-10H2,1-4H3;5-8,13,20H,9-10H2,1-4H3,(H,19,21);/t13-;14-;13-,24?;13-;/m0000./s1. The average Bonchev–Trinajstić information content (AvgIpc) is 1.72. The predicted octanol–water partition coefficient (Wildman–Crippen LogP) is 13.7. The molecule has 0 bridgehead atoms. The molecular formula is C66H90Cl2F6N4O17S2. The molecule has 0 aliphatic carbocycles. The number of amides is 4. The molecular weight excluding hydrogens is 1370 g/mol. The number of aliphatic hydroxyl groups is 1. The number of hydrogen-bond donors (Lipinski definition) is 4. The first-order valence-corrected chi connectivity index (χ1v) is 33.7. The summed E-state index contributed by atoms with van der Waals surface area (Å²) in [4.78, 5) is 82.5. The van der Waals surface area contributed by atoms with E-state index < -0.39 is 121 Å². The van der Waals surface area contributed by atoms with Crippen molar-refractivity contribution < 1.29 is 106 Å². The lowest BCUT2D eigenvalue weighted by Gasteiger charge is -2.25. The number of nitrogens with one attached hydrogen (secondary N) is 3. The fraction of sp³-hybridized carbons (Fsp3) is 0.530. The number of esters is 2. The largest absolute Gasteiger partial charge is 0.467 e. The van der Waals surface area contributed by atoms with Crippen molar-refractivity contribution in [3.05, 3.63) is 142 Å². The van der Waals surface area contributed by atoms with Crippen LogP contribution >= 0.6 is 21.4 Å². The number of halogens is 8. The van der Waals surface area contributed by atoms with Gasteiger partial charge in [-0.3, -0.25) is 8.98 Å². The monoisotopic (exact) mass is 1460 g/mol. The highest BCUT2D eigenvalue weighted by molar-refractivity contribution is 8.26. The molecule has 0 saturated carbocycles. The van der Waals surface area contributed by atoms with Crippen molar-refractivity contribution in [2.75, 3.05) is 27.4 Å². The van der Waals surface area contributed by atoms with E-state index in [2.05, 4.69) is 42.1 Å². The van der Waals surface area contributed by atoms with Gasteiger partial charge in [0.2, 0.25) is 9.23 Å². The van der Waals surface area contributed by atoms with E-state index in [4.69, 9.17) is 32.1 Å². The first-order valence-electron chi connectivity index (χ1n) is 29.8. The topological polar surface area (TPSA) is 278 Å². The van der Waals surface area contributed by atoms with Gasteiger partial charge in [-0.2, -0.15) is 4.31 Å². The Labute approximate surface area is 577 Å². The van der Waals surface area contributed by atoms with E-state index in [1.54, 1.807) is 132 Å². The maximum atomic E-state index is 13.2. The highest BCUT2D eigenvalue weighted by atomic mass is 36.0. The van der Waals surface area contributed by atoms with Gasteiger partial charge in [-0.1, -0.05) is 97.1 Å². The van der Waals surface area contributed by atoms with Crippen LogP contribution in [0.5, 0.6) is 0 Å². The minimum Gasteiger partial charge on any atom is -0.467 e.